The van der Waals surface area contributed by atoms with Gasteiger partial charge in [0.15, 0.2) is 0 Å². The average molecular weight is 234 g/mol. The van der Waals surface area contributed by atoms with E-state index in [1.54, 1.807) is 0 Å². The zero-order chi connectivity index (χ0) is 12.3. The molecular formula is C10H10N4O3. The number of aromatic nitrogens is 1. The molecule has 17 heavy (non-hydrogen) atoms. The summed E-state index contributed by atoms with van der Waals surface area (Å²) in [6.45, 7) is 1.48. The van der Waals surface area contributed by atoms with Crippen molar-refractivity contribution in [1.82, 2.24) is 10.3 Å². The SMILES string of the molecule is N#Cc1cnc(OC2CCNC2)c([N+](=O)[O-])c1. The normalized spacial score (nSPS) is 18.6. The minimum atomic E-state index is -0.592. The minimum Gasteiger partial charge on any atom is -0.468 e. The Kier molecular flexibility index (Phi) is 3.16. The van der Waals surface area contributed by atoms with Crippen LogP contribution in [0.5, 0.6) is 5.88 Å². The maximum Gasteiger partial charge on any atom is 0.332 e. The van der Waals surface area contributed by atoms with Gasteiger partial charge in [0.25, 0.3) is 5.88 Å². The largest absolute Gasteiger partial charge is 0.468 e. The molecule has 0 saturated carbocycles. The van der Waals surface area contributed by atoms with E-state index >= 15 is 0 Å². The molecule has 1 aliphatic heterocycles. The third kappa shape index (κ3) is 2.49. The van der Waals surface area contributed by atoms with Gasteiger partial charge in [-0.1, -0.05) is 0 Å². The quantitative estimate of drug-likeness (QED) is 0.607. The highest BCUT2D eigenvalue weighted by atomic mass is 16.6. The van der Waals surface area contributed by atoms with Crippen LogP contribution >= 0.6 is 0 Å². The van der Waals surface area contributed by atoms with Crippen molar-refractivity contribution in [2.75, 3.05) is 13.1 Å². The van der Waals surface area contributed by atoms with Gasteiger partial charge in [0.1, 0.15) is 12.2 Å². The second-order valence-corrected chi connectivity index (χ2v) is 3.65. The van der Waals surface area contributed by atoms with E-state index in [9.17, 15) is 10.1 Å². The van der Waals surface area contributed by atoms with E-state index in [0.29, 0.717) is 6.54 Å². The van der Waals surface area contributed by atoms with Gasteiger partial charge in [-0.3, -0.25) is 10.1 Å². The lowest BCUT2D eigenvalue weighted by atomic mass is 10.3. The Morgan fingerprint density at radius 1 is 1.71 bits per heavy atom. The van der Waals surface area contributed by atoms with E-state index in [1.807, 2.05) is 6.07 Å². The maximum absolute atomic E-state index is 10.8. The fraction of sp³-hybridized carbons (Fsp3) is 0.400. The lowest BCUT2D eigenvalue weighted by Crippen LogP contribution is -2.20. The monoisotopic (exact) mass is 234 g/mol. The van der Waals surface area contributed by atoms with Crippen molar-refractivity contribution >= 4 is 5.69 Å². The smallest absolute Gasteiger partial charge is 0.332 e. The van der Waals surface area contributed by atoms with Crippen LogP contribution in [0.2, 0.25) is 0 Å². The highest BCUT2D eigenvalue weighted by Gasteiger charge is 2.23. The Balaban J connectivity index is 2.26. The Morgan fingerprint density at radius 2 is 2.53 bits per heavy atom. The van der Waals surface area contributed by atoms with E-state index < -0.39 is 4.92 Å². The number of nitro groups is 1. The molecule has 1 aromatic rings. The molecule has 2 rings (SSSR count). The summed E-state index contributed by atoms with van der Waals surface area (Å²) >= 11 is 0. The second kappa shape index (κ2) is 4.76. The van der Waals surface area contributed by atoms with Crippen LogP contribution in [-0.4, -0.2) is 29.1 Å². The molecule has 2 heterocycles. The average Bonchev–Trinajstić information content (AvgIpc) is 2.82. The van der Waals surface area contributed by atoms with Gasteiger partial charge in [0.05, 0.1) is 10.5 Å². The standard InChI is InChI=1S/C10H10N4O3/c11-4-7-3-9(14(15)16)10(13-5-7)17-8-1-2-12-6-8/h3,5,8,12H,1-2,6H2. The molecule has 1 aliphatic rings. The van der Waals surface area contributed by atoms with Crippen molar-refractivity contribution in [2.24, 2.45) is 0 Å². The Morgan fingerprint density at radius 3 is 3.12 bits per heavy atom. The van der Waals surface area contributed by atoms with Crippen molar-refractivity contribution in [2.45, 2.75) is 12.5 Å². The van der Waals surface area contributed by atoms with Gasteiger partial charge in [0, 0.05) is 18.8 Å². The van der Waals surface area contributed by atoms with Crippen LogP contribution in [0.4, 0.5) is 5.69 Å². The van der Waals surface area contributed by atoms with Crippen molar-refractivity contribution in [1.29, 1.82) is 5.26 Å². The summed E-state index contributed by atoms with van der Waals surface area (Å²) in [4.78, 5) is 14.1. The zero-order valence-electron chi connectivity index (χ0n) is 8.92. The number of pyridine rings is 1. The second-order valence-electron chi connectivity index (χ2n) is 3.65. The van der Waals surface area contributed by atoms with Gasteiger partial charge in [-0.25, -0.2) is 4.98 Å². The van der Waals surface area contributed by atoms with E-state index in [-0.39, 0.29) is 23.2 Å². The van der Waals surface area contributed by atoms with Gasteiger partial charge >= 0.3 is 5.69 Å². The molecule has 7 heteroatoms. The molecule has 0 amide bonds. The van der Waals surface area contributed by atoms with Gasteiger partial charge in [-0.15, -0.1) is 0 Å². The van der Waals surface area contributed by atoms with Crippen LogP contribution in [0.15, 0.2) is 12.3 Å². The fourth-order valence-electron chi connectivity index (χ4n) is 1.61. The van der Waals surface area contributed by atoms with Crippen LogP contribution in [0, 0.1) is 21.4 Å². The van der Waals surface area contributed by atoms with Crippen molar-refractivity contribution in [3.05, 3.63) is 27.9 Å². The molecule has 1 atom stereocenters. The molecule has 0 aliphatic carbocycles. The summed E-state index contributed by atoms with van der Waals surface area (Å²) in [6, 6.07) is 2.98. The Hall–Kier alpha value is -2.20. The first-order valence-corrected chi connectivity index (χ1v) is 5.12. The van der Waals surface area contributed by atoms with Crippen LogP contribution in [-0.2, 0) is 0 Å². The summed E-state index contributed by atoms with van der Waals surface area (Å²) in [5.74, 6) is -0.0253. The molecule has 1 N–H and O–H groups in total. The fourth-order valence-corrected chi connectivity index (χ4v) is 1.61. The van der Waals surface area contributed by atoms with Gasteiger partial charge < -0.3 is 10.1 Å². The van der Waals surface area contributed by atoms with Crippen LogP contribution in [0.25, 0.3) is 0 Å². The van der Waals surface area contributed by atoms with Crippen molar-refractivity contribution in [3.8, 4) is 11.9 Å². The number of nitrogens with one attached hydrogen (secondary N) is 1. The van der Waals surface area contributed by atoms with Crippen LogP contribution in [0.1, 0.15) is 12.0 Å². The number of rotatable bonds is 3. The highest BCUT2D eigenvalue weighted by molar-refractivity contribution is 5.46. The van der Waals surface area contributed by atoms with Crippen LogP contribution < -0.4 is 10.1 Å². The van der Waals surface area contributed by atoms with Gasteiger partial charge in [0.2, 0.25) is 0 Å². The summed E-state index contributed by atoms with van der Waals surface area (Å²) < 4.78 is 5.44. The molecule has 0 bridgehead atoms. The predicted molar refractivity (Wildman–Crippen MR) is 57.5 cm³/mol. The minimum absolute atomic E-state index is 0.0253. The molecular weight excluding hydrogens is 224 g/mol. The molecule has 0 radical (unpaired) electrons. The van der Waals surface area contributed by atoms with Crippen molar-refractivity contribution < 1.29 is 9.66 Å². The molecule has 0 spiro atoms. The number of ether oxygens (including phenoxy) is 1. The van der Waals surface area contributed by atoms with Gasteiger partial charge in [-0.05, 0) is 13.0 Å². The maximum atomic E-state index is 10.8. The number of hydrogen-bond acceptors (Lipinski definition) is 6. The summed E-state index contributed by atoms with van der Waals surface area (Å²) in [7, 11) is 0. The molecule has 0 aromatic carbocycles. The Bertz CT molecular complexity index is 477. The van der Waals surface area contributed by atoms with Crippen LogP contribution in [0.3, 0.4) is 0 Å². The van der Waals surface area contributed by atoms with E-state index in [4.69, 9.17) is 10.00 Å². The molecule has 1 fully saturated rings. The summed E-state index contributed by atoms with van der Waals surface area (Å²) in [6.07, 6.45) is 1.96. The molecule has 88 valence electrons. The first-order valence-electron chi connectivity index (χ1n) is 5.12. The summed E-state index contributed by atoms with van der Waals surface area (Å²) in [5.41, 5.74) is -0.121. The molecule has 7 nitrogen and oxygen atoms in total. The van der Waals surface area contributed by atoms with E-state index in [0.717, 1.165) is 13.0 Å². The lowest BCUT2D eigenvalue weighted by molar-refractivity contribution is -0.386. The third-order valence-corrected chi connectivity index (χ3v) is 2.45. The summed E-state index contributed by atoms with van der Waals surface area (Å²) in [5, 5.41) is 22.6. The number of nitriles is 1. The van der Waals surface area contributed by atoms with E-state index in [2.05, 4.69) is 10.3 Å². The first kappa shape index (κ1) is 11.3. The van der Waals surface area contributed by atoms with E-state index in [1.165, 1.54) is 12.3 Å². The van der Waals surface area contributed by atoms with Crippen molar-refractivity contribution in [3.63, 3.8) is 0 Å². The molecule has 1 unspecified atom stereocenters. The first-order chi connectivity index (χ1) is 8.20. The molecule has 1 aromatic heterocycles. The number of hydrogen-bond donors (Lipinski definition) is 1. The third-order valence-electron chi connectivity index (χ3n) is 2.45. The lowest BCUT2D eigenvalue weighted by Gasteiger charge is -2.11. The molecule has 1 saturated heterocycles. The highest BCUT2D eigenvalue weighted by Crippen LogP contribution is 2.26. The Labute approximate surface area is 97.2 Å². The topological polar surface area (TPSA) is 101 Å². The predicted octanol–water partition coefficient (Wildman–Crippen LogP) is 0.602. The zero-order valence-corrected chi connectivity index (χ0v) is 8.92. The number of nitrogens with zero attached hydrogens (tertiary/aromatic N) is 3. The van der Waals surface area contributed by atoms with Gasteiger partial charge in [-0.2, -0.15) is 5.26 Å².